The molecule has 0 fully saturated rings. The highest BCUT2D eigenvalue weighted by molar-refractivity contribution is 9.04. The van der Waals surface area contributed by atoms with Crippen LogP contribution >= 0.6 is 12.7 Å². The number of rotatable bonds is 3. The van der Waals surface area contributed by atoms with Crippen molar-refractivity contribution >= 4 is 12.7 Å². The van der Waals surface area contributed by atoms with E-state index in [1.807, 2.05) is 0 Å². The Morgan fingerprint density at radius 1 is 1.00 bits per heavy atom. The molecule has 1 rings (SSSR count). The number of nitrogens with zero attached hydrogens (tertiary/aromatic N) is 2. The fraction of sp³-hybridized carbons (Fsp3) is 0.818. The Bertz CT molecular complexity index is 239. The van der Waals surface area contributed by atoms with Crippen LogP contribution in [0, 0.1) is 0 Å². The van der Waals surface area contributed by atoms with Gasteiger partial charge in [0, 0.05) is 23.5 Å². The van der Waals surface area contributed by atoms with Crippen LogP contribution in [0.5, 0.6) is 0 Å². The second-order valence-electron chi connectivity index (χ2n) is 4.57. The SMILES string of the molecule is CC1=C(C)N(C(C)C)C([I+]Br)N1C(C)C. The Balaban J connectivity index is 3.03. The third-order valence-corrected chi connectivity index (χ3v) is 6.64. The largest absolute Gasteiger partial charge is 0.412 e. The molecular weight excluding hydrogens is 367 g/mol. The maximum Gasteiger partial charge on any atom is 0.412 e. The summed E-state index contributed by atoms with van der Waals surface area (Å²) >= 11 is 3.77. The maximum atomic E-state index is 3.75. The molecule has 0 aromatic carbocycles. The minimum atomic E-state index is 0.0247. The molecule has 1 heterocycles. The summed E-state index contributed by atoms with van der Waals surface area (Å²) in [6.45, 7) is 13.6. The molecule has 0 unspecified atom stereocenters. The van der Waals surface area contributed by atoms with E-state index in [2.05, 4.69) is 64.0 Å². The molecule has 0 atom stereocenters. The number of hydrogen-bond acceptors (Lipinski definition) is 2. The van der Waals surface area contributed by atoms with Gasteiger partial charge in [-0.15, -0.1) is 0 Å². The fourth-order valence-electron chi connectivity index (χ4n) is 2.17. The molecule has 4 heteroatoms. The summed E-state index contributed by atoms with van der Waals surface area (Å²) in [7, 11) is 0. The molecule has 0 amide bonds. The van der Waals surface area contributed by atoms with Crippen LogP contribution in [0.3, 0.4) is 0 Å². The van der Waals surface area contributed by atoms with Gasteiger partial charge >= 0.3 is 23.2 Å². The van der Waals surface area contributed by atoms with E-state index in [0.29, 0.717) is 16.3 Å². The van der Waals surface area contributed by atoms with Crippen LogP contribution in [-0.2, 0) is 0 Å². The van der Waals surface area contributed by atoms with Crippen LogP contribution in [0.15, 0.2) is 11.4 Å². The highest BCUT2D eigenvalue weighted by atomic mass is 127. The highest BCUT2D eigenvalue weighted by Gasteiger charge is 2.45. The van der Waals surface area contributed by atoms with Gasteiger partial charge in [0.1, 0.15) is 0 Å². The zero-order valence-corrected chi connectivity index (χ0v) is 14.1. The van der Waals surface area contributed by atoms with Gasteiger partial charge < -0.3 is 9.80 Å². The second-order valence-corrected chi connectivity index (χ2v) is 8.47. The molecule has 1 aliphatic rings. The van der Waals surface area contributed by atoms with Crippen LogP contribution in [-0.4, -0.2) is 26.1 Å². The van der Waals surface area contributed by atoms with E-state index < -0.39 is 0 Å². The van der Waals surface area contributed by atoms with E-state index in [4.69, 9.17) is 0 Å². The normalized spacial score (nSPS) is 19.0. The molecule has 0 aliphatic carbocycles. The van der Waals surface area contributed by atoms with Crippen molar-refractivity contribution < 1.29 is 19.0 Å². The first kappa shape index (κ1) is 13.6. The zero-order chi connectivity index (χ0) is 11.7. The van der Waals surface area contributed by atoms with Crippen molar-refractivity contribution in [3.05, 3.63) is 11.4 Å². The lowest BCUT2D eigenvalue weighted by atomic mass is 10.3. The third kappa shape index (κ3) is 2.46. The van der Waals surface area contributed by atoms with Gasteiger partial charge in [0.15, 0.2) is 0 Å². The Morgan fingerprint density at radius 3 is 1.53 bits per heavy atom. The molecule has 0 spiro atoms. The number of halogens is 2. The second kappa shape index (κ2) is 5.25. The van der Waals surface area contributed by atoms with Gasteiger partial charge in [-0.1, -0.05) is 0 Å². The van der Waals surface area contributed by atoms with Crippen LogP contribution in [0.2, 0.25) is 0 Å². The standard InChI is InChI=1S/C11H21BrIN2/c1-7(2)14-9(5)10(6)15(8(3)4)11(14)13-12/h7-8,11H,1-6H3/q+1. The van der Waals surface area contributed by atoms with E-state index >= 15 is 0 Å². The molecule has 0 radical (unpaired) electrons. The van der Waals surface area contributed by atoms with Gasteiger partial charge in [-0.05, 0) is 41.5 Å². The van der Waals surface area contributed by atoms with Gasteiger partial charge in [-0.3, -0.25) is 0 Å². The number of alkyl halides is 1. The number of allylic oxidation sites excluding steroid dienone is 2. The molecular formula is C11H21BrIN2+. The summed E-state index contributed by atoms with van der Waals surface area (Å²) in [6.07, 6.45) is 0. The summed E-state index contributed by atoms with van der Waals surface area (Å²) in [4.78, 5) is 5.11. The summed E-state index contributed by atoms with van der Waals surface area (Å²) in [5.41, 5.74) is 2.89. The molecule has 88 valence electrons. The Kier molecular flexibility index (Phi) is 4.77. The van der Waals surface area contributed by atoms with Crippen LogP contribution in [0.4, 0.5) is 0 Å². The van der Waals surface area contributed by atoms with Crippen molar-refractivity contribution in [3.63, 3.8) is 0 Å². The number of hydrogen-bond donors (Lipinski definition) is 0. The van der Waals surface area contributed by atoms with E-state index in [1.165, 1.54) is 11.4 Å². The van der Waals surface area contributed by atoms with Crippen molar-refractivity contribution in [2.75, 3.05) is 0 Å². The minimum absolute atomic E-state index is 0.0247. The van der Waals surface area contributed by atoms with E-state index in [0.717, 1.165) is 0 Å². The molecule has 0 aromatic heterocycles. The molecule has 0 saturated heterocycles. The zero-order valence-electron chi connectivity index (χ0n) is 10.4. The molecule has 0 bridgehead atoms. The predicted octanol–water partition coefficient (Wildman–Crippen LogP) is 0.355. The topological polar surface area (TPSA) is 6.48 Å². The van der Waals surface area contributed by atoms with Gasteiger partial charge in [0.25, 0.3) is 12.7 Å². The van der Waals surface area contributed by atoms with Gasteiger partial charge in [-0.25, -0.2) is 0 Å². The molecule has 1 aliphatic heterocycles. The van der Waals surface area contributed by atoms with E-state index in [-0.39, 0.29) is 19.0 Å². The average Bonchev–Trinajstić information content (AvgIpc) is 2.39. The van der Waals surface area contributed by atoms with Gasteiger partial charge in [0.2, 0.25) is 0 Å². The van der Waals surface area contributed by atoms with Crippen molar-refractivity contribution in [3.8, 4) is 0 Å². The Morgan fingerprint density at radius 2 is 1.33 bits per heavy atom. The Hall–Kier alpha value is 0.550. The first-order chi connectivity index (χ1) is 6.91. The fourth-order valence-corrected chi connectivity index (χ4v) is 6.99. The van der Waals surface area contributed by atoms with E-state index in [9.17, 15) is 0 Å². The van der Waals surface area contributed by atoms with Crippen molar-refractivity contribution in [1.82, 2.24) is 9.80 Å². The molecule has 0 aromatic rings. The maximum absolute atomic E-state index is 3.75. The smallest absolute Gasteiger partial charge is 0.310 e. The average molecular weight is 388 g/mol. The third-order valence-electron chi connectivity index (χ3n) is 2.94. The lowest BCUT2D eigenvalue weighted by Crippen LogP contribution is -3.60. The molecule has 0 N–H and O–H groups in total. The summed E-state index contributed by atoms with van der Waals surface area (Å²) in [5.74, 6) is 0. The monoisotopic (exact) mass is 387 g/mol. The summed E-state index contributed by atoms with van der Waals surface area (Å²) < 4.78 is 0.587. The highest BCUT2D eigenvalue weighted by Crippen LogP contribution is 2.28. The van der Waals surface area contributed by atoms with Gasteiger partial charge in [0.05, 0.1) is 0 Å². The Labute approximate surface area is 110 Å². The summed E-state index contributed by atoms with van der Waals surface area (Å²) in [5, 5.41) is 0. The molecule has 15 heavy (non-hydrogen) atoms. The van der Waals surface area contributed by atoms with Crippen LogP contribution in [0.1, 0.15) is 41.5 Å². The molecule has 0 saturated carbocycles. The minimum Gasteiger partial charge on any atom is -0.310 e. The molecule has 2 nitrogen and oxygen atoms in total. The van der Waals surface area contributed by atoms with Crippen molar-refractivity contribution in [2.45, 2.75) is 57.8 Å². The first-order valence-corrected chi connectivity index (χ1v) is 11.5. The van der Waals surface area contributed by atoms with Crippen LogP contribution in [0.25, 0.3) is 0 Å². The first-order valence-electron chi connectivity index (χ1n) is 5.40. The quantitative estimate of drug-likeness (QED) is 0.392. The van der Waals surface area contributed by atoms with Crippen molar-refractivity contribution in [1.29, 1.82) is 0 Å². The van der Waals surface area contributed by atoms with Crippen LogP contribution < -0.4 is 19.0 Å². The van der Waals surface area contributed by atoms with Crippen molar-refractivity contribution in [2.24, 2.45) is 0 Å². The lowest BCUT2D eigenvalue weighted by Gasteiger charge is -2.30. The van der Waals surface area contributed by atoms with Gasteiger partial charge in [-0.2, -0.15) is 0 Å². The van der Waals surface area contributed by atoms with E-state index in [1.54, 1.807) is 0 Å². The predicted molar refractivity (Wildman–Crippen MR) is 65.0 cm³/mol. The lowest BCUT2D eigenvalue weighted by molar-refractivity contribution is -0.563. The summed E-state index contributed by atoms with van der Waals surface area (Å²) in [6, 6.07) is 1.18.